The average molecular weight is 225 g/mol. The van der Waals surface area contributed by atoms with E-state index in [1.54, 1.807) is 6.92 Å². The van der Waals surface area contributed by atoms with Gasteiger partial charge in [0.05, 0.1) is 0 Å². The molecule has 0 aliphatic heterocycles. The third kappa shape index (κ3) is 7.38. The van der Waals surface area contributed by atoms with Crippen molar-refractivity contribution in [1.82, 2.24) is 0 Å². The van der Waals surface area contributed by atoms with E-state index < -0.39 is 0 Å². The van der Waals surface area contributed by atoms with Gasteiger partial charge in [-0.1, -0.05) is 33.8 Å². The molecule has 16 heavy (non-hydrogen) atoms. The summed E-state index contributed by atoms with van der Waals surface area (Å²) in [5, 5.41) is 7.75. The van der Waals surface area contributed by atoms with E-state index in [-0.39, 0.29) is 11.2 Å². The zero-order chi connectivity index (χ0) is 12.8. The van der Waals surface area contributed by atoms with Crippen LogP contribution in [0.5, 0.6) is 0 Å². The molecule has 0 saturated carbocycles. The highest BCUT2D eigenvalue weighted by atomic mass is 19.1. The molecule has 0 aliphatic carbocycles. The summed E-state index contributed by atoms with van der Waals surface area (Å²) in [4.78, 5) is 0. The smallest absolute Gasteiger partial charge is 0.122 e. The fraction of sp³-hybridized carbons (Fsp3) is 0.643. The van der Waals surface area contributed by atoms with Gasteiger partial charge in [-0.15, -0.1) is 0 Å². The highest BCUT2D eigenvalue weighted by Gasteiger charge is 2.12. The van der Waals surface area contributed by atoms with E-state index in [1.807, 2.05) is 13.0 Å². The van der Waals surface area contributed by atoms with Crippen LogP contribution in [0.1, 0.15) is 53.9 Å². The maximum atomic E-state index is 13.5. The average Bonchev–Trinajstić information content (AvgIpc) is 2.11. The zero-order valence-corrected chi connectivity index (χ0v) is 11.2. The Morgan fingerprint density at radius 2 is 1.81 bits per heavy atom. The van der Waals surface area contributed by atoms with E-state index in [4.69, 9.17) is 5.41 Å². The lowest BCUT2D eigenvalue weighted by molar-refractivity contribution is 0.431. The van der Waals surface area contributed by atoms with E-state index in [1.165, 1.54) is 6.08 Å². The summed E-state index contributed by atoms with van der Waals surface area (Å²) < 4.78 is 13.5. The molecule has 1 N–H and O–H groups in total. The molecular formula is C14H24FN. The van der Waals surface area contributed by atoms with Crippen molar-refractivity contribution in [2.75, 3.05) is 0 Å². The predicted octanol–water partition coefficient (Wildman–Crippen LogP) is 5.04. The molecule has 0 saturated heterocycles. The number of hydrogen-bond donors (Lipinski definition) is 1. The van der Waals surface area contributed by atoms with Crippen LogP contribution >= 0.6 is 0 Å². The monoisotopic (exact) mass is 225 g/mol. The van der Waals surface area contributed by atoms with Crippen molar-refractivity contribution < 1.29 is 4.39 Å². The van der Waals surface area contributed by atoms with E-state index in [0.717, 1.165) is 6.42 Å². The Balaban J connectivity index is 4.28. The Morgan fingerprint density at radius 3 is 2.25 bits per heavy atom. The normalized spacial score (nSPS) is 14.1. The minimum Gasteiger partial charge on any atom is -0.309 e. The quantitative estimate of drug-likeness (QED) is 0.500. The van der Waals surface area contributed by atoms with Crippen LogP contribution in [0.2, 0.25) is 0 Å². The van der Waals surface area contributed by atoms with Gasteiger partial charge in [-0.05, 0) is 36.8 Å². The van der Waals surface area contributed by atoms with Crippen molar-refractivity contribution in [2.45, 2.75) is 53.9 Å². The van der Waals surface area contributed by atoms with Crippen molar-refractivity contribution >= 4 is 5.71 Å². The number of nitrogens with one attached hydrogen (secondary N) is 1. The van der Waals surface area contributed by atoms with Gasteiger partial charge in [-0.2, -0.15) is 0 Å². The predicted molar refractivity (Wildman–Crippen MR) is 69.7 cm³/mol. The number of allylic oxidation sites excluding steroid dienone is 4. The van der Waals surface area contributed by atoms with Gasteiger partial charge in [0.15, 0.2) is 0 Å². The van der Waals surface area contributed by atoms with Crippen molar-refractivity contribution in [3.8, 4) is 0 Å². The Kier molecular flexibility index (Phi) is 6.24. The van der Waals surface area contributed by atoms with Crippen LogP contribution in [0.15, 0.2) is 23.6 Å². The Morgan fingerprint density at radius 1 is 1.25 bits per heavy atom. The molecular weight excluding hydrogens is 201 g/mol. The summed E-state index contributed by atoms with van der Waals surface area (Å²) in [7, 11) is 0. The maximum absolute atomic E-state index is 13.5. The summed E-state index contributed by atoms with van der Waals surface area (Å²) in [5.41, 5.74) is 1.37. The molecule has 1 nitrogen and oxygen atoms in total. The number of rotatable bonds is 5. The molecule has 0 heterocycles. The molecule has 0 bridgehead atoms. The van der Waals surface area contributed by atoms with Crippen LogP contribution in [-0.4, -0.2) is 5.71 Å². The first-order valence-corrected chi connectivity index (χ1v) is 5.85. The van der Waals surface area contributed by atoms with Crippen LogP contribution in [-0.2, 0) is 0 Å². The summed E-state index contributed by atoms with van der Waals surface area (Å²) >= 11 is 0. The van der Waals surface area contributed by atoms with Gasteiger partial charge in [0.25, 0.3) is 0 Å². The van der Waals surface area contributed by atoms with Crippen molar-refractivity contribution in [3.05, 3.63) is 23.6 Å². The second-order valence-corrected chi connectivity index (χ2v) is 5.39. The molecule has 2 heteroatoms. The molecule has 92 valence electrons. The van der Waals surface area contributed by atoms with E-state index in [9.17, 15) is 4.39 Å². The van der Waals surface area contributed by atoms with Gasteiger partial charge in [0.1, 0.15) is 5.83 Å². The second-order valence-electron chi connectivity index (χ2n) is 5.39. The lowest BCUT2D eigenvalue weighted by atomic mass is 9.88. The van der Waals surface area contributed by atoms with Crippen LogP contribution in [0, 0.1) is 10.8 Å². The lowest BCUT2D eigenvalue weighted by Crippen LogP contribution is -2.11. The largest absolute Gasteiger partial charge is 0.309 e. The van der Waals surface area contributed by atoms with Gasteiger partial charge >= 0.3 is 0 Å². The summed E-state index contributed by atoms with van der Waals surface area (Å²) in [6.45, 7) is 10.0. The molecule has 0 aromatic carbocycles. The Labute approximate surface area is 99.0 Å². The van der Waals surface area contributed by atoms with Crippen molar-refractivity contribution in [2.24, 2.45) is 5.41 Å². The fourth-order valence-corrected chi connectivity index (χ4v) is 1.49. The first kappa shape index (κ1) is 15.1. The van der Waals surface area contributed by atoms with Crippen LogP contribution in [0.4, 0.5) is 4.39 Å². The van der Waals surface area contributed by atoms with Crippen LogP contribution in [0.3, 0.4) is 0 Å². The van der Waals surface area contributed by atoms with E-state index in [2.05, 4.69) is 20.8 Å². The standard InChI is InChI=1S/C14H24FN/c1-6-7-11(2)13(15)9-8-12(16)10-14(3,4)5/h7,9,16H,6,8,10H2,1-5H3/b11-7-,13-9+,16-12?. The Hall–Kier alpha value is -0.920. The first-order chi connectivity index (χ1) is 7.26. The third-order valence-corrected chi connectivity index (χ3v) is 2.16. The molecule has 0 rings (SSSR count). The van der Waals surface area contributed by atoms with Crippen molar-refractivity contribution in [3.63, 3.8) is 0 Å². The lowest BCUT2D eigenvalue weighted by Gasteiger charge is -2.17. The van der Waals surface area contributed by atoms with Gasteiger partial charge < -0.3 is 5.41 Å². The van der Waals surface area contributed by atoms with Gasteiger partial charge in [-0.3, -0.25) is 0 Å². The highest BCUT2D eigenvalue weighted by Crippen LogP contribution is 2.20. The first-order valence-electron chi connectivity index (χ1n) is 5.85. The molecule has 0 aromatic heterocycles. The molecule has 0 amide bonds. The van der Waals surface area contributed by atoms with E-state index >= 15 is 0 Å². The molecule has 0 aromatic rings. The molecule has 0 radical (unpaired) electrons. The second kappa shape index (κ2) is 6.62. The number of halogens is 1. The molecule has 0 fully saturated rings. The fourth-order valence-electron chi connectivity index (χ4n) is 1.49. The van der Waals surface area contributed by atoms with Crippen molar-refractivity contribution in [1.29, 1.82) is 5.41 Å². The number of hydrogen-bond acceptors (Lipinski definition) is 1. The molecule has 0 atom stereocenters. The minimum atomic E-state index is -0.194. The van der Waals surface area contributed by atoms with Gasteiger partial charge in [0, 0.05) is 12.1 Å². The molecule has 0 aliphatic rings. The maximum Gasteiger partial charge on any atom is 0.122 e. The zero-order valence-electron chi connectivity index (χ0n) is 11.2. The van der Waals surface area contributed by atoms with E-state index in [0.29, 0.717) is 24.1 Å². The molecule has 0 unspecified atom stereocenters. The molecule has 0 spiro atoms. The SMILES string of the molecule is CC/C=C(C)\C(F)=C/CC(=N)CC(C)(C)C. The minimum absolute atomic E-state index is 0.107. The summed E-state index contributed by atoms with van der Waals surface area (Å²) in [6.07, 6.45) is 5.34. The third-order valence-electron chi connectivity index (χ3n) is 2.16. The van der Waals surface area contributed by atoms with Crippen LogP contribution in [0.25, 0.3) is 0 Å². The highest BCUT2D eigenvalue weighted by molar-refractivity contribution is 5.83. The summed E-state index contributed by atoms with van der Waals surface area (Å²) in [5.74, 6) is -0.194. The van der Waals surface area contributed by atoms with Crippen LogP contribution < -0.4 is 0 Å². The Bertz CT molecular complexity index is 292. The van der Waals surface area contributed by atoms with Gasteiger partial charge in [0.2, 0.25) is 0 Å². The summed E-state index contributed by atoms with van der Waals surface area (Å²) in [6, 6.07) is 0. The topological polar surface area (TPSA) is 23.9 Å². The van der Waals surface area contributed by atoms with Gasteiger partial charge in [-0.25, -0.2) is 4.39 Å².